The Hall–Kier alpha value is -2.54. The fourth-order valence-electron chi connectivity index (χ4n) is 2.57. The van der Waals surface area contributed by atoms with Gasteiger partial charge in [0.2, 0.25) is 0 Å². The highest BCUT2D eigenvalue weighted by Gasteiger charge is 2.25. The predicted octanol–water partition coefficient (Wildman–Crippen LogP) is 3.34. The number of thiophene rings is 1. The second kappa shape index (κ2) is 5.58. The molecule has 120 valence electrons. The first-order valence-electron chi connectivity index (χ1n) is 7.06. The molecule has 0 amide bonds. The lowest BCUT2D eigenvalue weighted by atomic mass is 9.96. The van der Waals surface area contributed by atoms with Crippen LogP contribution in [0.5, 0.6) is 0 Å². The zero-order chi connectivity index (χ0) is 16.7. The third-order valence-electron chi connectivity index (χ3n) is 3.59. The number of aromatic nitrogens is 1. The minimum absolute atomic E-state index is 0.185. The molecule has 0 saturated carbocycles. The number of esters is 1. The van der Waals surface area contributed by atoms with E-state index >= 15 is 0 Å². The molecular weight excluding hydrogens is 316 g/mol. The topological polar surface area (TPSA) is 98.3 Å². The van der Waals surface area contributed by atoms with E-state index in [9.17, 15) is 9.59 Å². The van der Waals surface area contributed by atoms with Gasteiger partial charge in [0, 0.05) is 10.4 Å². The van der Waals surface area contributed by atoms with Gasteiger partial charge < -0.3 is 14.9 Å². The summed E-state index contributed by atoms with van der Waals surface area (Å²) in [7, 11) is 1.33. The number of oxazole rings is 1. The Kier molecular flexibility index (Phi) is 3.73. The maximum absolute atomic E-state index is 12.2. The van der Waals surface area contributed by atoms with Crippen molar-refractivity contribution in [2.75, 3.05) is 12.8 Å². The Balaban J connectivity index is 2.30. The number of ether oxygens (including phenoxy) is 1. The smallest absolute Gasteiger partial charge is 0.417 e. The maximum atomic E-state index is 12.2. The van der Waals surface area contributed by atoms with Crippen LogP contribution in [0.25, 0.3) is 22.2 Å². The third kappa shape index (κ3) is 2.53. The number of nitrogens with one attached hydrogen (secondary N) is 1. The summed E-state index contributed by atoms with van der Waals surface area (Å²) >= 11 is 1.38. The fraction of sp³-hybridized carbons (Fsp3) is 0.250. The van der Waals surface area contributed by atoms with Crippen molar-refractivity contribution in [1.82, 2.24) is 4.98 Å². The first kappa shape index (κ1) is 15.4. The number of fused-ring (bicyclic) bond motifs is 1. The molecule has 0 aliphatic heterocycles. The van der Waals surface area contributed by atoms with E-state index in [1.165, 1.54) is 18.4 Å². The number of rotatable bonds is 3. The van der Waals surface area contributed by atoms with Crippen molar-refractivity contribution in [1.29, 1.82) is 0 Å². The van der Waals surface area contributed by atoms with Crippen LogP contribution in [0.1, 0.15) is 35.0 Å². The standard InChI is InChI=1S/C16H16N2O4S/c1-7(2)13-11(12(14(17)23-13)15(19)21-3)8-4-5-9-10(6-8)22-16(20)18-9/h4-7H,17H2,1-3H3,(H,18,20). The van der Waals surface area contributed by atoms with E-state index in [-0.39, 0.29) is 5.92 Å². The maximum Gasteiger partial charge on any atom is 0.417 e. The van der Waals surface area contributed by atoms with Crippen molar-refractivity contribution in [3.63, 3.8) is 0 Å². The summed E-state index contributed by atoms with van der Waals surface area (Å²) in [6.45, 7) is 4.07. The third-order valence-corrected chi connectivity index (χ3v) is 4.91. The van der Waals surface area contributed by atoms with Crippen molar-refractivity contribution in [2.24, 2.45) is 0 Å². The molecular formula is C16H16N2O4S. The van der Waals surface area contributed by atoms with Crippen LogP contribution in [0.4, 0.5) is 5.00 Å². The summed E-state index contributed by atoms with van der Waals surface area (Å²) in [4.78, 5) is 27.1. The molecule has 1 aromatic carbocycles. The molecule has 0 fully saturated rings. The summed E-state index contributed by atoms with van der Waals surface area (Å²) < 4.78 is 9.98. The molecule has 0 bridgehead atoms. The Morgan fingerprint density at radius 1 is 1.39 bits per heavy atom. The highest BCUT2D eigenvalue weighted by atomic mass is 32.1. The number of anilines is 1. The summed E-state index contributed by atoms with van der Waals surface area (Å²) in [5.41, 5.74) is 8.94. The van der Waals surface area contributed by atoms with E-state index in [0.717, 1.165) is 16.0 Å². The first-order chi connectivity index (χ1) is 10.9. The van der Waals surface area contributed by atoms with Gasteiger partial charge in [-0.05, 0) is 23.6 Å². The van der Waals surface area contributed by atoms with Gasteiger partial charge in [0.1, 0.15) is 10.6 Å². The molecule has 0 saturated heterocycles. The molecule has 3 rings (SSSR count). The van der Waals surface area contributed by atoms with E-state index in [0.29, 0.717) is 21.7 Å². The lowest BCUT2D eigenvalue weighted by molar-refractivity contribution is 0.0603. The van der Waals surface area contributed by atoms with E-state index in [4.69, 9.17) is 14.9 Å². The van der Waals surface area contributed by atoms with E-state index < -0.39 is 11.7 Å². The highest BCUT2D eigenvalue weighted by molar-refractivity contribution is 7.17. The molecule has 0 spiro atoms. The predicted molar refractivity (Wildman–Crippen MR) is 90.0 cm³/mol. The van der Waals surface area contributed by atoms with E-state index in [1.807, 2.05) is 19.9 Å². The van der Waals surface area contributed by atoms with Crippen LogP contribution in [0.2, 0.25) is 0 Å². The Bertz CT molecular complexity index is 949. The van der Waals surface area contributed by atoms with Crippen molar-refractivity contribution in [3.8, 4) is 11.1 Å². The molecule has 0 aliphatic carbocycles. The molecule has 0 atom stereocenters. The van der Waals surface area contributed by atoms with Gasteiger partial charge in [-0.15, -0.1) is 11.3 Å². The van der Waals surface area contributed by atoms with Crippen LogP contribution in [0.15, 0.2) is 27.4 Å². The number of nitrogen functional groups attached to an aromatic ring is 1. The van der Waals surface area contributed by atoms with Crippen LogP contribution in [0.3, 0.4) is 0 Å². The van der Waals surface area contributed by atoms with Gasteiger partial charge in [-0.25, -0.2) is 9.59 Å². The zero-order valence-corrected chi connectivity index (χ0v) is 13.7. The Labute approximate surface area is 135 Å². The Morgan fingerprint density at radius 3 is 2.78 bits per heavy atom. The summed E-state index contributed by atoms with van der Waals surface area (Å²) in [6, 6.07) is 5.30. The zero-order valence-electron chi connectivity index (χ0n) is 12.9. The van der Waals surface area contributed by atoms with Crippen molar-refractivity contribution in [2.45, 2.75) is 19.8 Å². The quantitative estimate of drug-likeness (QED) is 0.717. The van der Waals surface area contributed by atoms with Crippen molar-refractivity contribution in [3.05, 3.63) is 39.2 Å². The Morgan fingerprint density at radius 2 is 2.13 bits per heavy atom. The number of benzene rings is 1. The number of carbonyl (C=O) groups excluding carboxylic acids is 1. The van der Waals surface area contributed by atoms with Gasteiger partial charge in [0.15, 0.2) is 5.58 Å². The number of hydrogen-bond donors (Lipinski definition) is 2. The number of aromatic amines is 1. The SMILES string of the molecule is COC(=O)c1c(N)sc(C(C)C)c1-c1ccc2[nH]c(=O)oc2c1. The van der Waals surface area contributed by atoms with Gasteiger partial charge >= 0.3 is 11.7 Å². The molecule has 2 heterocycles. The monoisotopic (exact) mass is 332 g/mol. The van der Waals surface area contributed by atoms with E-state index in [2.05, 4.69) is 4.98 Å². The first-order valence-corrected chi connectivity index (χ1v) is 7.87. The highest BCUT2D eigenvalue weighted by Crippen LogP contribution is 2.43. The van der Waals surface area contributed by atoms with Crippen molar-refractivity contribution >= 4 is 33.4 Å². The number of methoxy groups -OCH3 is 1. The summed E-state index contributed by atoms with van der Waals surface area (Å²) in [5, 5.41) is 0.422. The molecule has 0 unspecified atom stereocenters. The second-order valence-electron chi connectivity index (χ2n) is 5.45. The molecule has 0 aliphatic rings. The molecule has 6 nitrogen and oxygen atoms in total. The van der Waals surface area contributed by atoms with Crippen LogP contribution < -0.4 is 11.5 Å². The van der Waals surface area contributed by atoms with Crippen LogP contribution in [-0.4, -0.2) is 18.1 Å². The largest absolute Gasteiger partial charge is 0.465 e. The van der Waals surface area contributed by atoms with Crippen LogP contribution in [0, 0.1) is 0 Å². The van der Waals surface area contributed by atoms with Gasteiger partial charge in [-0.3, -0.25) is 4.98 Å². The average Bonchev–Trinajstić information content (AvgIpc) is 3.04. The van der Waals surface area contributed by atoms with Gasteiger partial charge in [-0.1, -0.05) is 19.9 Å². The summed E-state index contributed by atoms with van der Waals surface area (Å²) in [6.07, 6.45) is 0. The van der Waals surface area contributed by atoms with Crippen LogP contribution in [-0.2, 0) is 4.74 Å². The van der Waals surface area contributed by atoms with Gasteiger partial charge in [0.05, 0.1) is 12.6 Å². The molecule has 23 heavy (non-hydrogen) atoms. The minimum atomic E-state index is -0.515. The average molecular weight is 332 g/mol. The minimum Gasteiger partial charge on any atom is -0.465 e. The number of hydrogen-bond acceptors (Lipinski definition) is 6. The lowest BCUT2D eigenvalue weighted by Gasteiger charge is -2.09. The molecule has 2 aromatic heterocycles. The molecule has 7 heteroatoms. The lowest BCUT2D eigenvalue weighted by Crippen LogP contribution is -2.05. The summed E-state index contributed by atoms with van der Waals surface area (Å²) in [5.74, 6) is -0.805. The number of carbonyl (C=O) groups is 1. The van der Waals surface area contributed by atoms with Gasteiger partial charge in [0.25, 0.3) is 0 Å². The normalized spacial score (nSPS) is 11.3. The molecule has 3 aromatic rings. The van der Waals surface area contributed by atoms with Crippen molar-refractivity contribution < 1.29 is 13.9 Å². The second-order valence-corrected chi connectivity index (χ2v) is 6.54. The van der Waals surface area contributed by atoms with E-state index in [1.54, 1.807) is 12.1 Å². The molecule has 0 radical (unpaired) electrons. The fourth-order valence-corrected chi connectivity index (χ4v) is 3.65. The molecule has 3 N–H and O–H groups in total. The number of nitrogens with two attached hydrogens (primary N) is 1. The number of H-pyrrole nitrogens is 1. The van der Waals surface area contributed by atoms with Crippen LogP contribution >= 0.6 is 11.3 Å². The van der Waals surface area contributed by atoms with Gasteiger partial charge in [-0.2, -0.15) is 0 Å².